The molecule has 2 aromatic rings. The van der Waals surface area contributed by atoms with Crippen LogP contribution in [0.15, 0.2) is 48.5 Å². The average Bonchev–Trinajstić information content (AvgIpc) is 2.55. The summed E-state index contributed by atoms with van der Waals surface area (Å²) in [5, 5.41) is 16.2. The van der Waals surface area contributed by atoms with Gasteiger partial charge in [-0.2, -0.15) is 0 Å². The SMILES string of the molecule is CCC(=O)Nc1cc(C(=O)Nc2ccccc2)cc([N+](=O)[O-])c1. The number of carbonyl (C=O) groups is 2. The smallest absolute Gasteiger partial charge is 0.272 e. The van der Waals surface area contributed by atoms with E-state index >= 15 is 0 Å². The molecule has 0 saturated carbocycles. The number of nitro groups is 1. The molecule has 0 atom stereocenters. The van der Waals surface area contributed by atoms with E-state index in [1.165, 1.54) is 18.2 Å². The predicted octanol–water partition coefficient (Wildman–Crippen LogP) is 3.20. The summed E-state index contributed by atoms with van der Waals surface area (Å²) in [5.74, 6) is -0.785. The van der Waals surface area contributed by atoms with E-state index in [0.29, 0.717) is 5.69 Å². The number of amides is 2. The summed E-state index contributed by atoms with van der Waals surface area (Å²) in [6, 6.07) is 12.5. The lowest BCUT2D eigenvalue weighted by Gasteiger charge is -2.08. The van der Waals surface area contributed by atoms with Crippen molar-refractivity contribution >= 4 is 28.9 Å². The van der Waals surface area contributed by atoms with Crippen LogP contribution in [-0.4, -0.2) is 16.7 Å². The Bertz CT molecular complexity index is 744. The fourth-order valence-electron chi connectivity index (χ4n) is 1.89. The van der Waals surface area contributed by atoms with Crippen LogP contribution in [0, 0.1) is 10.1 Å². The zero-order valence-corrected chi connectivity index (χ0v) is 12.4. The minimum absolute atomic E-state index is 0.0921. The molecule has 7 nitrogen and oxygen atoms in total. The number of hydrogen-bond donors (Lipinski definition) is 2. The van der Waals surface area contributed by atoms with E-state index in [-0.39, 0.29) is 29.3 Å². The lowest BCUT2D eigenvalue weighted by Crippen LogP contribution is -2.14. The number of anilines is 2. The summed E-state index contributed by atoms with van der Waals surface area (Å²) in [6.07, 6.45) is 0.230. The van der Waals surface area contributed by atoms with E-state index in [4.69, 9.17) is 0 Å². The molecule has 118 valence electrons. The van der Waals surface area contributed by atoms with Crippen LogP contribution in [0.5, 0.6) is 0 Å². The van der Waals surface area contributed by atoms with Crippen LogP contribution in [0.1, 0.15) is 23.7 Å². The Balaban J connectivity index is 2.30. The molecule has 2 N–H and O–H groups in total. The minimum atomic E-state index is -0.610. The van der Waals surface area contributed by atoms with Crippen LogP contribution in [0.4, 0.5) is 17.1 Å². The molecule has 0 aliphatic rings. The molecular formula is C16H15N3O4. The van der Waals surface area contributed by atoms with Crippen molar-refractivity contribution in [1.29, 1.82) is 0 Å². The standard InChI is InChI=1S/C16H15N3O4/c1-2-15(20)17-13-8-11(9-14(10-13)19(22)23)16(21)18-12-6-4-3-5-7-12/h3-10H,2H2,1H3,(H,17,20)(H,18,21). The van der Waals surface area contributed by atoms with Gasteiger partial charge in [0.15, 0.2) is 0 Å². The summed E-state index contributed by atoms with van der Waals surface area (Å²) in [5.41, 5.74) is 0.610. The van der Waals surface area contributed by atoms with Gasteiger partial charge in [-0.25, -0.2) is 0 Å². The Hall–Kier alpha value is -3.22. The predicted molar refractivity (Wildman–Crippen MR) is 86.4 cm³/mol. The molecule has 0 heterocycles. The third-order valence-corrected chi connectivity index (χ3v) is 3.03. The van der Waals surface area contributed by atoms with Crippen LogP contribution in [-0.2, 0) is 4.79 Å². The van der Waals surface area contributed by atoms with Crippen LogP contribution in [0.3, 0.4) is 0 Å². The monoisotopic (exact) mass is 313 g/mol. The molecule has 0 unspecified atom stereocenters. The molecule has 0 saturated heterocycles. The van der Waals surface area contributed by atoms with Gasteiger partial charge in [0.2, 0.25) is 5.91 Å². The first-order valence-corrected chi connectivity index (χ1v) is 6.95. The minimum Gasteiger partial charge on any atom is -0.326 e. The number of benzene rings is 2. The summed E-state index contributed by atoms with van der Waals surface area (Å²) < 4.78 is 0. The maximum atomic E-state index is 12.3. The highest BCUT2D eigenvalue weighted by molar-refractivity contribution is 6.05. The van der Waals surface area contributed by atoms with E-state index in [2.05, 4.69) is 10.6 Å². The number of rotatable bonds is 5. The average molecular weight is 313 g/mol. The van der Waals surface area contributed by atoms with Crippen LogP contribution >= 0.6 is 0 Å². The molecule has 0 spiro atoms. The molecule has 2 rings (SSSR count). The highest BCUT2D eigenvalue weighted by Gasteiger charge is 2.15. The van der Waals surface area contributed by atoms with Crippen LogP contribution in [0.25, 0.3) is 0 Å². The van der Waals surface area contributed by atoms with Gasteiger partial charge in [-0.3, -0.25) is 19.7 Å². The molecule has 0 aliphatic heterocycles. The molecule has 7 heteroatoms. The van der Waals surface area contributed by atoms with Crippen molar-refractivity contribution in [2.45, 2.75) is 13.3 Å². The van der Waals surface area contributed by atoms with Crippen molar-refractivity contribution in [3.63, 3.8) is 0 Å². The van der Waals surface area contributed by atoms with Crippen molar-refractivity contribution in [2.75, 3.05) is 10.6 Å². The summed E-state index contributed by atoms with van der Waals surface area (Å²) in [6.45, 7) is 1.66. The lowest BCUT2D eigenvalue weighted by atomic mass is 10.1. The Morgan fingerprint density at radius 1 is 1.04 bits per heavy atom. The van der Waals surface area contributed by atoms with E-state index in [0.717, 1.165) is 0 Å². The van der Waals surface area contributed by atoms with Crippen LogP contribution in [0.2, 0.25) is 0 Å². The normalized spacial score (nSPS) is 9.96. The Morgan fingerprint density at radius 2 is 1.74 bits per heavy atom. The first-order chi connectivity index (χ1) is 11.0. The fourth-order valence-corrected chi connectivity index (χ4v) is 1.89. The highest BCUT2D eigenvalue weighted by atomic mass is 16.6. The van der Waals surface area contributed by atoms with E-state index < -0.39 is 10.8 Å². The lowest BCUT2D eigenvalue weighted by molar-refractivity contribution is -0.384. The first-order valence-electron chi connectivity index (χ1n) is 6.95. The van der Waals surface area contributed by atoms with Gasteiger partial charge in [0.1, 0.15) is 0 Å². The van der Waals surface area contributed by atoms with Gasteiger partial charge < -0.3 is 10.6 Å². The quantitative estimate of drug-likeness (QED) is 0.653. The number of nitrogens with zero attached hydrogens (tertiary/aromatic N) is 1. The molecule has 2 aromatic carbocycles. The molecule has 2 amide bonds. The zero-order chi connectivity index (χ0) is 16.8. The van der Waals surface area contributed by atoms with Gasteiger partial charge in [0, 0.05) is 35.5 Å². The van der Waals surface area contributed by atoms with E-state index in [1.807, 2.05) is 0 Å². The van der Waals surface area contributed by atoms with Crippen molar-refractivity contribution in [1.82, 2.24) is 0 Å². The molecular weight excluding hydrogens is 298 g/mol. The van der Waals surface area contributed by atoms with Gasteiger partial charge in [0.05, 0.1) is 4.92 Å². The van der Waals surface area contributed by atoms with Gasteiger partial charge in [-0.15, -0.1) is 0 Å². The molecule has 0 radical (unpaired) electrons. The Morgan fingerprint density at radius 3 is 2.35 bits per heavy atom. The van der Waals surface area contributed by atoms with Crippen molar-refractivity contribution in [2.24, 2.45) is 0 Å². The second-order valence-corrected chi connectivity index (χ2v) is 4.75. The van der Waals surface area contributed by atoms with Gasteiger partial charge in [-0.1, -0.05) is 25.1 Å². The van der Waals surface area contributed by atoms with Crippen LogP contribution < -0.4 is 10.6 Å². The Labute approximate surface area is 132 Å². The van der Waals surface area contributed by atoms with Crippen molar-refractivity contribution in [3.05, 3.63) is 64.2 Å². The number of nitrogens with one attached hydrogen (secondary N) is 2. The number of carbonyl (C=O) groups excluding carboxylic acids is 2. The second kappa shape index (κ2) is 7.17. The molecule has 0 fully saturated rings. The van der Waals surface area contributed by atoms with Crippen molar-refractivity contribution in [3.8, 4) is 0 Å². The zero-order valence-electron chi connectivity index (χ0n) is 12.4. The number of nitro benzene ring substituents is 1. The number of hydrogen-bond acceptors (Lipinski definition) is 4. The largest absolute Gasteiger partial charge is 0.326 e. The van der Waals surface area contributed by atoms with Gasteiger partial charge >= 0.3 is 0 Å². The third-order valence-electron chi connectivity index (χ3n) is 3.03. The first kappa shape index (κ1) is 16.2. The maximum Gasteiger partial charge on any atom is 0.272 e. The molecule has 0 bridgehead atoms. The van der Waals surface area contributed by atoms with Gasteiger partial charge in [-0.05, 0) is 18.2 Å². The molecule has 0 aromatic heterocycles. The topological polar surface area (TPSA) is 101 Å². The Kier molecular flexibility index (Phi) is 5.03. The molecule has 23 heavy (non-hydrogen) atoms. The summed E-state index contributed by atoms with van der Waals surface area (Å²) in [7, 11) is 0. The summed E-state index contributed by atoms with van der Waals surface area (Å²) in [4.78, 5) is 34.1. The van der Waals surface area contributed by atoms with Crippen molar-refractivity contribution < 1.29 is 14.5 Å². The summed E-state index contributed by atoms with van der Waals surface area (Å²) >= 11 is 0. The molecule has 0 aliphatic carbocycles. The van der Waals surface area contributed by atoms with E-state index in [9.17, 15) is 19.7 Å². The highest BCUT2D eigenvalue weighted by Crippen LogP contribution is 2.22. The number of non-ortho nitro benzene ring substituents is 1. The second-order valence-electron chi connectivity index (χ2n) is 4.75. The maximum absolute atomic E-state index is 12.3. The van der Waals surface area contributed by atoms with Gasteiger partial charge in [0.25, 0.3) is 11.6 Å². The van der Waals surface area contributed by atoms with E-state index in [1.54, 1.807) is 37.3 Å². The number of para-hydroxylation sites is 1. The third kappa shape index (κ3) is 4.37. The fraction of sp³-hybridized carbons (Fsp3) is 0.125.